The van der Waals surface area contributed by atoms with E-state index in [-0.39, 0.29) is 0 Å². The van der Waals surface area contributed by atoms with Crippen LogP contribution < -0.4 is 4.74 Å². The number of rotatable bonds is 2. The first-order chi connectivity index (χ1) is 8.13. The second kappa shape index (κ2) is 5.13. The van der Waals surface area contributed by atoms with E-state index in [4.69, 9.17) is 39.5 Å². The fourth-order valence-electron chi connectivity index (χ4n) is 1.55. The van der Waals surface area contributed by atoms with Gasteiger partial charge in [-0.3, -0.25) is 4.98 Å². The molecule has 0 aliphatic rings. The van der Waals surface area contributed by atoms with Gasteiger partial charge in [0, 0.05) is 22.3 Å². The summed E-state index contributed by atoms with van der Waals surface area (Å²) in [7, 11) is 1.57. The van der Waals surface area contributed by atoms with Crippen molar-refractivity contribution in [2.45, 2.75) is 0 Å². The molecule has 2 nitrogen and oxygen atoms in total. The van der Waals surface area contributed by atoms with Crippen molar-refractivity contribution in [1.29, 1.82) is 0 Å². The van der Waals surface area contributed by atoms with Gasteiger partial charge in [0.2, 0.25) is 0 Å². The monoisotopic (exact) mass is 287 g/mol. The molecule has 0 amide bonds. The van der Waals surface area contributed by atoms with Crippen LogP contribution in [0.15, 0.2) is 30.6 Å². The Labute approximate surface area is 114 Å². The molecule has 2 rings (SSSR count). The molecule has 17 heavy (non-hydrogen) atoms. The van der Waals surface area contributed by atoms with Gasteiger partial charge in [-0.15, -0.1) is 0 Å². The van der Waals surface area contributed by atoms with Crippen molar-refractivity contribution >= 4 is 34.8 Å². The number of nitrogens with zero attached hydrogens (tertiary/aromatic N) is 1. The van der Waals surface area contributed by atoms with Crippen LogP contribution in [0.3, 0.4) is 0 Å². The Hall–Kier alpha value is -0.960. The predicted octanol–water partition coefficient (Wildman–Crippen LogP) is 4.72. The van der Waals surface area contributed by atoms with E-state index >= 15 is 0 Å². The van der Waals surface area contributed by atoms with Crippen molar-refractivity contribution in [1.82, 2.24) is 4.98 Å². The summed E-state index contributed by atoms with van der Waals surface area (Å²) in [5.74, 6) is 0.610. The minimum atomic E-state index is 0.479. The average Bonchev–Trinajstić information content (AvgIpc) is 2.28. The van der Waals surface area contributed by atoms with Crippen LogP contribution >= 0.6 is 34.8 Å². The maximum absolute atomic E-state index is 6.15. The first-order valence-corrected chi connectivity index (χ1v) is 5.89. The van der Waals surface area contributed by atoms with Crippen molar-refractivity contribution in [2.75, 3.05) is 7.11 Å². The summed E-state index contributed by atoms with van der Waals surface area (Å²) in [5.41, 5.74) is 1.48. The number of aromatic nitrogens is 1. The Morgan fingerprint density at radius 1 is 1.12 bits per heavy atom. The summed E-state index contributed by atoms with van der Waals surface area (Å²) >= 11 is 18.2. The van der Waals surface area contributed by atoms with Gasteiger partial charge in [-0.2, -0.15) is 0 Å². The Bertz CT molecular complexity index is 534. The van der Waals surface area contributed by atoms with Gasteiger partial charge in [0.05, 0.1) is 23.4 Å². The fourth-order valence-corrected chi connectivity index (χ4v) is 2.57. The van der Waals surface area contributed by atoms with Gasteiger partial charge in [0.1, 0.15) is 5.75 Å². The van der Waals surface area contributed by atoms with Gasteiger partial charge in [-0.05, 0) is 18.2 Å². The molecule has 0 saturated carbocycles. The smallest absolute Gasteiger partial charge is 0.145 e. The van der Waals surface area contributed by atoms with Crippen molar-refractivity contribution in [3.8, 4) is 16.9 Å². The standard InChI is InChI=1S/C12H8Cl3NO/c1-17-11-6-16-3-2-8(11)12-9(14)4-7(13)5-10(12)15/h2-6H,1H3. The molecule has 0 aliphatic heterocycles. The molecule has 0 aliphatic carbocycles. The van der Waals surface area contributed by atoms with Crippen molar-refractivity contribution in [3.63, 3.8) is 0 Å². The number of halogens is 3. The first kappa shape index (κ1) is 12.5. The summed E-state index contributed by atoms with van der Waals surface area (Å²) in [5, 5.41) is 1.45. The molecule has 2 aromatic rings. The lowest BCUT2D eigenvalue weighted by atomic mass is 10.1. The molecule has 0 fully saturated rings. The van der Waals surface area contributed by atoms with Crippen LogP contribution in [-0.4, -0.2) is 12.1 Å². The molecule has 1 heterocycles. The zero-order valence-electron chi connectivity index (χ0n) is 8.88. The molecule has 88 valence electrons. The summed E-state index contributed by atoms with van der Waals surface area (Å²) in [6.07, 6.45) is 3.26. The van der Waals surface area contributed by atoms with E-state index in [0.29, 0.717) is 26.4 Å². The van der Waals surface area contributed by atoms with Gasteiger partial charge < -0.3 is 4.74 Å². The highest BCUT2D eigenvalue weighted by molar-refractivity contribution is 6.41. The van der Waals surface area contributed by atoms with Crippen molar-refractivity contribution < 1.29 is 4.74 Å². The van der Waals surface area contributed by atoms with Crippen LogP contribution in [0.5, 0.6) is 5.75 Å². The predicted molar refractivity (Wildman–Crippen MR) is 71.3 cm³/mol. The van der Waals surface area contributed by atoms with Crippen LogP contribution in [-0.2, 0) is 0 Å². The first-order valence-electron chi connectivity index (χ1n) is 4.76. The Balaban J connectivity index is 2.68. The maximum Gasteiger partial charge on any atom is 0.145 e. The molecule has 1 aromatic carbocycles. The molecule has 0 atom stereocenters. The quantitative estimate of drug-likeness (QED) is 0.798. The number of pyridine rings is 1. The number of ether oxygens (including phenoxy) is 1. The van der Waals surface area contributed by atoms with Gasteiger partial charge in [0.15, 0.2) is 0 Å². The van der Waals surface area contributed by atoms with Crippen LogP contribution in [0.2, 0.25) is 15.1 Å². The lowest BCUT2D eigenvalue weighted by Crippen LogP contribution is -1.90. The van der Waals surface area contributed by atoms with Crippen LogP contribution in [0.1, 0.15) is 0 Å². The molecule has 0 saturated heterocycles. The van der Waals surface area contributed by atoms with Gasteiger partial charge in [-0.25, -0.2) is 0 Å². The molecule has 0 N–H and O–H groups in total. The Morgan fingerprint density at radius 3 is 2.35 bits per heavy atom. The topological polar surface area (TPSA) is 22.1 Å². The molecule has 0 spiro atoms. The van der Waals surface area contributed by atoms with Crippen LogP contribution in [0.4, 0.5) is 0 Å². The molecule has 0 bridgehead atoms. The Kier molecular flexibility index (Phi) is 3.77. The molecule has 0 unspecified atom stereocenters. The summed E-state index contributed by atoms with van der Waals surface area (Å²) in [4.78, 5) is 3.98. The molecular weight excluding hydrogens is 280 g/mol. The molecular formula is C12H8Cl3NO. The molecule has 0 radical (unpaired) electrons. The van der Waals surface area contributed by atoms with E-state index in [9.17, 15) is 0 Å². The fraction of sp³-hybridized carbons (Fsp3) is 0.0833. The van der Waals surface area contributed by atoms with Crippen LogP contribution in [0.25, 0.3) is 11.1 Å². The summed E-state index contributed by atoms with van der Waals surface area (Å²) in [6.45, 7) is 0. The highest BCUT2D eigenvalue weighted by Crippen LogP contribution is 2.40. The number of hydrogen-bond donors (Lipinski definition) is 0. The summed E-state index contributed by atoms with van der Waals surface area (Å²) in [6, 6.07) is 5.08. The zero-order valence-corrected chi connectivity index (χ0v) is 11.1. The number of benzene rings is 1. The van der Waals surface area contributed by atoms with E-state index in [0.717, 1.165) is 5.56 Å². The number of methoxy groups -OCH3 is 1. The SMILES string of the molecule is COc1cnccc1-c1c(Cl)cc(Cl)cc1Cl. The van der Waals surface area contributed by atoms with Crippen molar-refractivity contribution in [3.05, 3.63) is 45.7 Å². The normalized spacial score (nSPS) is 10.4. The zero-order chi connectivity index (χ0) is 12.4. The van der Waals surface area contributed by atoms with E-state index < -0.39 is 0 Å². The Morgan fingerprint density at radius 2 is 1.76 bits per heavy atom. The van der Waals surface area contributed by atoms with E-state index in [1.54, 1.807) is 37.7 Å². The third kappa shape index (κ3) is 2.49. The van der Waals surface area contributed by atoms with Gasteiger partial charge in [0.25, 0.3) is 0 Å². The third-order valence-electron chi connectivity index (χ3n) is 2.28. The highest BCUT2D eigenvalue weighted by atomic mass is 35.5. The van der Waals surface area contributed by atoms with E-state index in [1.807, 2.05) is 0 Å². The average molecular weight is 289 g/mol. The lowest BCUT2D eigenvalue weighted by molar-refractivity contribution is 0.414. The van der Waals surface area contributed by atoms with Gasteiger partial charge >= 0.3 is 0 Å². The van der Waals surface area contributed by atoms with Crippen molar-refractivity contribution in [2.24, 2.45) is 0 Å². The minimum absolute atomic E-state index is 0.479. The minimum Gasteiger partial charge on any atom is -0.494 e. The summed E-state index contributed by atoms with van der Waals surface area (Å²) < 4.78 is 5.23. The lowest BCUT2D eigenvalue weighted by Gasteiger charge is -2.11. The van der Waals surface area contributed by atoms with E-state index in [2.05, 4.69) is 4.98 Å². The largest absolute Gasteiger partial charge is 0.494 e. The second-order valence-corrected chi connectivity index (χ2v) is 4.57. The van der Waals surface area contributed by atoms with Crippen LogP contribution in [0, 0.1) is 0 Å². The number of hydrogen-bond acceptors (Lipinski definition) is 2. The van der Waals surface area contributed by atoms with Gasteiger partial charge in [-0.1, -0.05) is 34.8 Å². The molecule has 5 heteroatoms. The second-order valence-electron chi connectivity index (χ2n) is 3.32. The third-order valence-corrected chi connectivity index (χ3v) is 3.10. The van der Waals surface area contributed by atoms with E-state index in [1.165, 1.54) is 0 Å². The maximum atomic E-state index is 6.15. The highest BCUT2D eigenvalue weighted by Gasteiger charge is 2.14. The molecule has 1 aromatic heterocycles.